The summed E-state index contributed by atoms with van der Waals surface area (Å²) >= 11 is 9.39. The van der Waals surface area contributed by atoms with Crippen molar-refractivity contribution in [2.24, 2.45) is 0 Å². The van der Waals surface area contributed by atoms with E-state index in [0.29, 0.717) is 5.02 Å². The first-order valence-corrected chi connectivity index (χ1v) is 8.29. The molecule has 0 bridgehead atoms. The zero-order chi connectivity index (χ0) is 16.1. The van der Waals surface area contributed by atoms with E-state index in [-0.39, 0.29) is 18.0 Å². The molecule has 0 saturated carbocycles. The molecule has 5 heteroatoms. The summed E-state index contributed by atoms with van der Waals surface area (Å²) in [5, 5.41) is 5.66. The lowest BCUT2D eigenvalue weighted by atomic mass is 10.1. The Labute approximate surface area is 144 Å². The molecule has 3 N–H and O–H groups in total. The van der Waals surface area contributed by atoms with Gasteiger partial charge in [0.2, 0.25) is 0 Å². The smallest absolute Gasteiger partial charge is 0.282 e. The van der Waals surface area contributed by atoms with Gasteiger partial charge in [0.15, 0.2) is 6.04 Å². The number of anilines is 1. The predicted octanol–water partition coefficient (Wildman–Crippen LogP) is 3.75. The minimum atomic E-state index is -0.197. The third kappa shape index (κ3) is 4.83. The maximum atomic E-state index is 12.3. The monoisotopic (exact) mass is 381 g/mol. The predicted molar refractivity (Wildman–Crippen MR) is 94.0 cm³/mol. The minimum Gasteiger partial charge on any atom is -0.330 e. The van der Waals surface area contributed by atoms with Crippen LogP contribution in [0.5, 0.6) is 0 Å². The molecule has 0 radical (unpaired) electrons. The molecule has 22 heavy (non-hydrogen) atoms. The standard InChI is InChI=1S/C17H18BrClN2O/c1-11(13-4-3-5-15(19)10-13)20-12(2)17(22)21-16-8-6-14(18)7-9-16/h3-12,20H,1-2H3,(H,21,22)/p+1/t11-,12+/m0/s1. The van der Waals surface area contributed by atoms with Crippen LogP contribution in [0.25, 0.3) is 0 Å². The molecule has 0 aliphatic carbocycles. The molecule has 0 aliphatic rings. The van der Waals surface area contributed by atoms with Crippen LogP contribution in [-0.2, 0) is 4.79 Å². The SMILES string of the molecule is C[C@H]([NH2+][C@H](C)C(=O)Nc1ccc(Br)cc1)c1cccc(Cl)c1. The van der Waals surface area contributed by atoms with E-state index >= 15 is 0 Å². The molecule has 0 aliphatic heterocycles. The van der Waals surface area contributed by atoms with E-state index in [4.69, 9.17) is 11.6 Å². The van der Waals surface area contributed by atoms with Crippen molar-refractivity contribution >= 4 is 39.1 Å². The minimum absolute atomic E-state index is 0.0174. The fourth-order valence-corrected chi connectivity index (χ4v) is 2.67. The molecule has 2 atom stereocenters. The van der Waals surface area contributed by atoms with Gasteiger partial charge in [-0.05, 0) is 50.2 Å². The number of hydrogen-bond donors (Lipinski definition) is 2. The highest BCUT2D eigenvalue weighted by atomic mass is 79.9. The van der Waals surface area contributed by atoms with Gasteiger partial charge in [-0.3, -0.25) is 4.79 Å². The Morgan fingerprint density at radius 1 is 1.18 bits per heavy atom. The lowest BCUT2D eigenvalue weighted by Gasteiger charge is -2.17. The van der Waals surface area contributed by atoms with Gasteiger partial charge in [-0.25, -0.2) is 0 Å². The molecule has 116 valence electrons. The molecule has 2 aromatic carbocycles. The summed E-state index contributed by atoms with van der Waals surface area (Å²) in [6.07, 6.45) is 0. The lowest BCUT2D eigenvalue weighted by Crippen LogP contribution is -2.91. The molecule has 0 saturated heterocycles. The number of halogens is 2. The van der Waals surface area contributed by atoms with Crippen molar-refractivity contribution in [3.05, 3.63) is 63.6 Å². The maximum Gasteiger partial charge on any atom is 0.282 e. The molecule has 2 rings (SSSR count). The van der Waals surface area contributed by atoms with Crippen molar-refractivity contribution in [2.45, 2.75) is 25.9 Å². The summed E-state index contributed by atoms with van der Waals surface area (Å²) in [7, 11) is 0. The molecule has 0 unspecified atom stereocenters. The van der Waals surface area contributed by atoms with Crippen LogP contribution < -0.4 is 10.6 Å². The average molecular weight is 383 g/mol. The summed E-state index contributed by atoms with van der Waals surface area (Å²) < 4.78 is 0.986. The van der Waals surface area contributed by atoms with E-state index in [1.807, 2.05) is 60.8 Å². The van der Waals surface area contributed by atoms with Crippen LogP contribution in [0.15, 0.2) is 53.0 Å². The first kappa shape index (κ1) is 17.0. The van der Waals surface area contributed by atoms with E-state index in [9.17, 15) is 4.79 Å². The average Bonchev–Trinajstić information content (AvgIpc) is 2.49. The summed E-state index contributed by atoms with van der Waals surface area (Å²) in [5.74, 6) is -0.0174. The van der Waals surface area contributed by atoms with Gasteiger partial charge in [0, 0.05) is 20.7 Å². The molecule has 3 nitrogen and oxygen atoms in total. The fraction of sp³-hybridized carbons (Fsp3) is 0.235. The molecule has 0 fully saturated rings. The van der Waals surface area contributed by atoms with Crippen molar-refractivity contribution in [3.63, 3.8) is 0 Å². The highest BCUT2D eigenvalue weighted by Crippen LogP contribution is 2.16. The van der Waals surface area contributed by atoms with Gasteiger partial charge in [0.05, 0.1) is 0 Å². The summed E-state index contributed by atoms with van der Waals surface area (Å²) in [6.45, 7) is 3.96. The van der Waals surface area contributed by atoms with Crippen LogP contribution >= 0.6 is 27.5 Å². The van der Waals surface area contributed by atoms with Crippen LogP contribution in [-0.4, -0.2) is 11.9 Å². The number of carbonyl (C=O) groups is 1. The van der Waals surface area contributed by atoms with E-state index in [2.05, 4.69) is 28.2 Å². The number of benzene rings is 2. The van der Waals surface area contributed by atoms with Gasteiger partial charge in [0.25, 0.3) is 5.91 Å². The number of quaternary nitrogens is 1. The second-order valence-electron chi connectivity index (χ2n) is 5.32. The Bertz CT molecular complexity index is 645. The van der Waals surface area contributed by atoms with Crippen LogP contribution in [0.3, 0.4) is 0 Å². The van der Waals surface area contributed by atoms with Crippen molar-refractivity contribution in [2.75, 3.05) is 5.32 Å². The van der Waals surface area contributed by atoms with E-state index in [1.165, 1.54) is 0 Å². The largest absolute Gasteiger partial charge is 0.330 e. The summed E-state index contributed by atoms with van der Waals surface area (Å²) in [6, 6.07) is 15.2. The highest BCUT2D eigenvalue weighted by Gasteiger charge is 2.20. The number of rotatable bonds is 5. The molecule has 0 aromatic heterocycles. The highest BCUT2D eigenvalue weighted by molar-refractivity contribution is 9.10. The fourth-order valence-electron chi connectivity index (χ4n) is 2.21. The summed E-state index contributed by atoms with van der Waals surface area (Å²) in [4.78, 5) is 12.3. The van der Waals surface area contributed by atoms with Gasteiger partial charge in [0.1, 0.15) is 6.04 Å². The Balaban J connectivity index is 1.94. The second-order valence-corrected chi connectivity index (χ2v) is 6.67. The number of nitrogens with two attached hydrogens (primary N) is 1. The van der Waals surface area contributed by atoms with Gasteiger partial charge < -0.3 is 10.6 Å². The van der Waals surface area contributed by atoms with E-state index in [0.717, 1.165) is 15.7 Å². The topological polar surface area (TPSA) is 45.7 Å². The van der Waals surface area contributed by atoms with Crippen LogP contribution in [0.4, 0.5) is 5.69 Å². The third-order valence-corrected chi connectivity index (χ3v) is 4.24. The van der Waals surface area contributed by atoms with Gasteiger partial charge in [-0.15, -0.1) is 0 Å². The van der Waals surface area contributed by atoms with Gasteiger partial charge in [-0.2, -0.15) is 0 Å². The molecular formula is C17H19BrClN2O+. The first-order chi connectivity index (χ1) is 10.5. The number of amides is 1. The number of nitrogens with one attached hydrogen (secondary N) is 1. The van der Waals surface area contributed by atoms with Crippen LogP contribution in [0.2, 0.25) is 5.02 Å². The van der Waals surface area contributed by atoms with E-state index < -0.39 is 0 Å². The first-order valence-electron chi connectivity index (χ1n) is 7.12. The Kier molecular flexibility index (Phi) is 6.00. The van der Waals surface area contributed by atoms with Crippen molar-refractivity contribution in [1.29, 1.82) is 0 Å². The molecule has 2 aromatic rings. The van der Waals surface area contributed by atoms with Crippen LogP contribution in [0, 0.1) is 0 Å². The zero-order valence-corrected chi connectivity index (χ0v) is 14.9. The Morgan fingerprint density at radius 3 is 2.50 bits per heavy atom. The third-order valence-electron chi connectivity index (χ3n) is 3.48. The second kappa shape index (κ2) is 7.77. The number of carbonyl (C=O) groups excluding carboxylic acids is 1. The summed E-state index contributed by atoms with van der Waals surface area (Å²) in [5.41, 5.74) is 1.90. The molecule has 0 heterocycles. The zero-order valence-electron chi connectivity index (χ0n) is 12.5. The molecule has 0 spiro atoms. The molecular weight excluding hydrogens is 364 g/mol. The maximum absolute atomic E-state index is 12.3. The Morgan fingerprint density at radius 2 is 1.86 bits per heavy atom. The Hall–Kier alpha value is -1.36. The quantitative estimate of drug-likeness (QED) is 0.812. The van der Waals surface area contributed by atoms with Gasteiger partial charge in [-0.1, -0.05) is 39.7 Å². The van der Waals surface area contributed by atoms with E-state index in [1.54, 1.807) is 0 Å². The molecule has 1 amide bonds. The van der Waals surface area contributed by atoms with Crippen molar-refractivity contribution < 1.29 is 10.1 Å². The van der Waals surface area contributed by atoms with Crippen LogP contribution in [0.1, 0.15) is 25.5 Å². The normalized spacial score (nSPS) is 13.5. The number of hydrogen-bond acceptors (Lipinski definition) is 1. The van der Waals surface area contributed by atoms with Crippen molar-refractivity contribution in [3.8, 4) is 0 Å². The van der Waals surface area contributed by atoms with Crippen molar-refractivity contribution in [1.82, 2.24) is 0 Å². The van der Waals surface area contributed by atoms with Gasteiger partial charge >= 0.3 is 0 Å². The lowest BCUT2D eigenvalue weighted by molar-refractivity contribution is -0.709.